The van der Waals surface area contributed by atoms with Crippen LogP contribution in [0.25, 0.3) is 0 Å². The monoisotopic (exact) mass is 242 g/mol. The molecule has 1 saturated heterocycles. The van der Waals surface area contributed by atoms with Crippen LogP contribution >= 0.6 is 0 Å². The first-order chi connectivity index (χ1) is 7.31. The smallest absolute Gasteiger partial charge is 0.291 e. The minimum absolute atomic E-state index is 0.470. The summed E-state index contributed by atoms with van der Waals surface area (Å²) in [5, 5.41) is 49.7. The average molecular weight is 242 g/mol. The summed E-state index contributed by atoms with van der Waals surface area (Å²) in [7, 11) is 0. The summed E-state index contributed by atoms with van der Waals surface area (Å²) in [6, 6.07) is -1.04. The summed E-state index contributed by atoms with van der Waals surface area (Å²) in [4.78, 5) is 8.36. The van der Waals surface area contributed by atoms with Gasteiger partial charge in [-0.25, -0.2) is 0 Å². The Labute approximate surface area is 89.6 Å². The molecular weight excluding hydrogens is 228 g/mol. The zero-order valence-electron chi connectivity index (χ0n) is 8.08. The van der Waals surface area contributed by atoms with Gasteiger partial charge in [-0.15, -0.1) is 10.1 Å². The number of hydrogen-bond donors (Lipinski definition) is 6. The van der Waals surface area contributed by atoms with Crippen LogP contribution in [0.3, 0.4) is 0 Å². The molecular formula is C6H14N2O8. The number of nitrogens with two attached hydrogens (primary N) is 1. The normalized spacial score (nSPS) is 38.4. The van der Waals surface area contributed by atoms with Crippen molar-refractivity contribution in [1.29, 1.82) is 0 Å². The van der Waals surface area contributed by atoms with Crippen LogP contribution in [0.1, 0.15) is 0 Å². The van der Waals surface area contributed by atoms with Crippen LogP contribution in [-0.4, -0.2) is 68.0 Å². The van der Waals surface area contributed by atoms with E-state index >= 15 is 0 Å². The third kappa shape index (κ3) is 4.22. The van der Waals surface area contributed by atoms with Crippen LogP contribution in [0, 0.1) is 10.1 Å². The Bertz CT molecular complexity index is 218. The lowest BCUT2D eigenvalue weighted by atomic mass is 9.98. The summed E-state index contributed by atoms with van der Waals surface area (Å²) < 4.78 is 4.70. The predicted octanol–water partition coefficient (Wildman–Crippen LogP) is -3.60. The van der Waals surface area contributed by atoms with E-state index in [9.17, 15) is 10.2 Å². The zero-order valence-corrected chi connectivity index (χ0v) is 8.08. The Morgan fingerprint density at radius 3 is 2.12 bits per heavy atom. The summed E-state index contributed by atoms with van der Waals surface area (Å²) in [5.41, 5.74) is 5.26. The van der Waals surface area contributed by atoms with Gasteiger partial charge in [-0.3, -0.25) is 0 Å². The maximum Gasteiger partial charge on any atom is 0.291 e. The van der Waals surface area contributed by atoms with Crippen molar-refractivity contribution in [3.63, 3.8) is 0 Å². The Morgan fingerprint density at radius 1 is 1.31 bits per heavy atom. The lowest BCUT2D eigenvalue weighted by Crippen LogP contribution is -2.61. The van der Waals surface area contributed by atoms with Crippen LogP contribution in [-0.2, 0) is 4.74 Å². The molecule has 0 unspecified atom stereocenters. The van der Waals surface area contributed by atoms with Gasteiger partial charge in [0.1, 0.15) is 18.3 Å². The summed E-state index contributed by atoms with van der Waals surface area (Å²) >= 11 is 0. The number of hydrogen-bond acceptors (Lipinski definition) is 8. The highest BCUT2D eigenvalue weighted by molar-refractivity contribution is 4.90. The fourth-order valence-corrected chi connectivity index (χ4v) is 1.12. The maximum atomic E-state index is 9.20. The largest absolute Gasteiger partial charge is 0.394 e. The number of nitrogens with zero attached hydrogens (tertiary/aromatic N) is 1. The molecule has 0 bridgehead atoms. The van der Waals surface area contributed by atoms with Crippen molar-refractivity contribution in [2.45, 2.75) is 30.6 Å². The van der Waals surface area contributed by atoms with E-state index in [1.807, 2.05) is 0 Å². The van der Waals surface area contributed by atoms with E-state index in [4.69, 9.17) is 36.0 Å². The molecule has 0 radical (unpaired) electrons. The summed E-state index contributed by atoms with van der Waals surface area (Å²) in [6.07, 6.45) is -4.85. The van der Waals surface area contributed by atoms with Crippen molar-refractivity contribution < 1.29 is 35.5 Å². The van der Waals surface area contributed by atoms with Gasteiger partial charge in [-0.2, -0.15) is 0 Å². The van der Waals surface area contributed by atoms with Crippen molar-refractivity contribution in [1.82, 2.24) is 0 Å². The topological polar surface area (TPSA) is 180 Å². The molecule has 0 aromatic rings. The summed E-state index contributed by atoms with van der Waals surface area (Å²) in [5.74, 6) is 0. The zero-order chi connectivity index (χ0) is 12.9. The first kappa shape index (κ1) is 15.0. The number of aliphatic hydroxyl groups is 4. The molecule has 1 aliphatic rings. The van der Waals surface area contributed by atoms with Gasteiger partial charge in [0.25, 0.3) is 5.09 Å². The van der Waals surface area contributed by atoms with E-state index in [1.54, 1.807) is 0 Å². The Balaban J connectivity index is 0.000000487. The van der Waals surface area contributed by atoms with Gasteiger partial charge in [0, 0.05) is 0 Å². The average Bonchev–Trinajstić information content (AvgIpc) is 2.19. The second kappa shape index (κ2) is 6.52. The van der Waals surface area contributed by atoms with Crippen LogP contribution in [0.15, 0.2) is 0 Å². The highest BCUT2D eigenvalue weighted by Crippen LogP contribution is 2.17. The van der Waals surface area contributed by atoms with Gasteiger partial charge in [-0.05, 0) is 0 Å². The molecule has 10 nitrogen and oxygen atoms in total. The molecule has 16 heavy (non-hydrogen) atoms. The van der Waals surface area contributed by atoms with E-state index in [2.05, 4.69) is 0 Å². The predicted molar refractivity (Wildman–Crippen MR) is 46.7 cm³/mol. The van der Waals surface area contributed by atoms with Gasteiger partial charge >= 0.3 is 0 Å². The van der Waals surface area contributed by atoms with Gasteiger partial charge in [-0.1, -0.05) is 0 Å². The molecule has 0 aliphatic carbocycles. The third-order valence-corrected chi connectivity index (χ3v) is 1.95. The van der Waals surface area contributed by atoms with Gasteiger partial charge in [0.2, 0.25) is 0 Å². The van der Waals surface area contributed by atoms with Gasteiger partial charge in [0.15, 0.2) is 6.29 Å². The second-order valence-corrected chi connectivity index (χ2v) is 3.04. The number of rotatable bonds is 1. The first-order valence-electron chi connectivity index (χ1n) is 4.20. The van der Waals surface area contributed by atoms with Gasteiger partial charge < -0.3 is 36.1 Å². The molecule has 0 aromatic carbocycles. The highest BCUT2D eigenvalue weighted by Gasteiger charge is 2.41. The lowest BCUT2D eigenvalue weighted by Gasteiger charge is -2.38. The van der Waals surface area contributed by atoms with E-state index in [0.29, 0.717) is 0 Å². The maximum absolute atomic E-state index is 9.20. The standard InChI is InChI=1S/C6H13NO5.HNO3/c7-3-5(10)4(9)2(1-8)12-6(3)11;2-1(3)4/h2-6,8-11H,1,7H2;(H,2,3,4)/t2-,3-,4-,5-,6-;/m1./s1. The minimum atomic E-state index is -1.50. The van der Waals surface area contributed by atoms with Crippen molar-refractivity contribution in [2.24, 2.45) is 5.73 Å². The highest BCUT2D eigenvalue weighted by atomic mass is 16.9. The second-order valence-electron chi connectivity index (χ2n) is 3.04. The molecule has 1 fully saturated rings. The third-order valence-electron chi connectivity index (χ3n) is 1.95. The Kier molecular flexibility index (Phi) is 6.10. The van der Waals surface area contributed by atoms with E-state index in [1.165, 1.54) is 0 Å². The van der Waals surface area contributed by atoms with Gasteiger partial charge in [0.05, 0.1) is 12.6 Å². The van der Waals surface area contributed by atoms with E-state index < -0.39 is 42.3 Å². The Morgan fingerprint density at radius 2 is 1.75 bits per heavy atom. The van der Waals surface area contributed by atoms with E-state index in [-0.39, 0.29) is 0 Å². The molecule has 1 rings (SSSR count). The van der Waals surface area contributed by atoms with E-state index in [0.717, 1.165) is 0 Å². The molecule has 5 atom stereocenters. The van der Waals surface area contributed by atoms with Crippen molar-refractivity contribution in [3.8, 4) is 0 Å². The van der Waals surface area contributed by atoms with Crippen molar-refractivity contribution in [2.75, 3.05) is 6.61 Å². The Hall–Kier alpha value is -1.04. The number of aliphatic hydroxyl groups excluding tert-OH is 4. The fraction of sp³-hybridized carbons (Fsp3) is 1.00. The van der Waals surface area contributed by atoms with Crippen molar-refractivity contribution >= 4 is 0 Å². The molecule has 1 heterocycles. The molecule has 0 saturated carbocycles. The first-order valence-corrected chi connectivity index (χ1v) is 4.20. The minimum Gasteiger partial charge on any atom is -0.394 e. The molecule has 96 valence electrons. The lowest BCUT2D eigenvalue weighted by molar-refractivity contribution is -0.742. The SMILES string of the molecule is N[C@@H]1[C@@H](O)[C@H](O)[C@@H](CO)O[C@H]1O.O=[N+]([O-])O. The molecule has 7 N–H and O–H groups in total. The molecule has 10 heteroatoms. The van der Waals surface area contributed by atoms with Crippen LogP contribution in [0.4, 0.5) is 0 Å². The van der Waals surface area contributed by atoms with Crippen LogP contribution in [0.5, 0.6) is 0 Å². The van der Waals surface area contributed by atoms with Crippen molar-refractivity contribution in [3.05, 3.63) is 10.1 Å². The van der Waals surface area contributed by atoms with Crippen LogP contribution < -0.4 is 5.73 Å². The fourth-order valence-electron chi connectivity index (χ4n) is 1.12. The summed E-state index contributed by atoms with van der Waals surface area (Å²) in [6.45, 7) is -0.470. The van der Waals surface area contributed by atoms with Crippen LogP contribution in [0.2, 0.25) is 0 Å². The molecule has 0 spiro atoms. The molecule has 0 amide bonds. The molecule has 0 aromatic heterocycles. The quantitative estimate of drug-likeness (QED) is 0.200. The molecule has 1 aliphatic heterocycles. The number of ether oxygens (including phenoxy) is 1.